The Hall–Kier alpha value is -0.910. The first-order valence-electron chi connectivity index (χ1n) is 6.77. The molecule has 2 aliphatic rings. The normalized spacial score (nSPS) is 30.5. The van der Waals surface area contributed by atoms with Crippen LogP contribution in [0, 0.1) is 0 Å². The van der Waals surface area contributed by atoms with Crippen molar-refractivity contribution in [1.82, 2.24) is 9.80 Å². The molecular weight excluding hydrogens is 260 g/mol. The highest BCUT2D eigenvalue weighted by atomic mass is 32.1. The maximum Gasteiger partial charge on any atom is 0.251 e. The van der Waals surface area contributed by atoms with Crippen molar-refractivity contribution in [2.75, 3.05) is 20.6 Å². The summed E-state index contributed by atoms with van der Waals surface area (Å²) < 4.78 is 5.93. The molecule has 1 amide bonds. The van der Waals surface area contributed by atoms with Crippen molar-refractivity contribution in [3.8, 4) is 0 Å². The molecule has 19 heavy (non-hydrogen) atoms. The van der Waals surface area contributed by atoms with Gasteiger partial charge in [0.05, 0.1) is 6.10 Å². The maximum absolute atomic E-state index is 12.0. The predicted molar refractivity (Wildman–Crippen MR) is 75.1 cm³/mol. The molecule has 0 radical (unpaired) electrons. The minimum Gasteiger partial charge on any atom is -0.363 e. The maximum atomic E-state index is 12.0. The number of ether oxygens (including phenoxy) is 1. The molecule has 0 bridgehead atoms. The molecule has 0 unspecified atom stereocenters. The highest BCUT2D eigenvalue weighted by molar-refractivity contribution is 7.07. The van der Waals surface area contributed by atoms with E-state index in [2.05, 4.69) is 21.7 Å². The van der Waals surface area contributed by atoms with Crippen LogP contribution in [0.15, 0.2) is 16.8 Å². The minimum absolute atomic E-state index is 0.102. The molecule has 3 atom stereocenters. The number of nitrogens with zero attached hydrogens (tertiary/aromatic N) is 2. The van der Waals surface area contributed by atoms with Crippen molar-refractivity contribution in [3.63, 3.8) is 0 Å². The Morgan fingerprint density at radius 3 is 3.11 bits per heavy atom. The van der Waals surface area contributed by atoms with Gasteiger partial charge in [-0.05, 0) is 28.8 Å². The number of likely N-dealkylation sites (N-methyl/N-ethyl adjacent to an activating group) is 1. The van der Waals surface area contributed by atoms with Crippen LogP contribution < -0.4 is 0 Å². The Kier molecular flexibility index (Phi) is 3.60. The molecule has 0 aromatic carbocycles. The van der Waals surface area contributed by atoms with Crippen LogP contribution in [0.5, 0.6) is 0 Å². The standard InChI is InChI=1S/C14H20N2O2S/c1-15(2)14(17)13-7-11-12(18-13)3-5-16(11)8-10-4-6-19-9-10/h4,6,9,11-13H,3,5,7-8H2,1-2H3/t11-,12-,13+/m1/s1. The van der Waals surface area contributed by atoms with Crippen molar-refractivity contribution >= 4 is 17.2 Å². The summed E-state index contributed by atoms with van der Waals surface area (Å²) in [4.78, 5) is 16.1. The van der Waals surface area contributed by atoms with Gasteiger partial charge in [0.15, 0.2) is 0 Å². The van der Waals surface area contributed by atoms with E-state index in [0.717, 1.165) is 25.9 Å². The topological polar surface area (TPSA) is 32.8 Å². The number of amides is 1. The molecule has 3 heterocycles. The molecule has 1 aromatic heterocycles. The average molecular weight is 280 g/mol. The van der Waals surface area contributed by atoms with Gasteiger partial charge in [-0.2, -0.15) is 11.3 Å². The molecule has 2 saturated heterocycles. The van der Waals surface area contributed by atoms with E-state index in [4.69, 9.17) is 4.74 Å². The van der Waals surface area contributed by atoms with Crippen LogP contribution in [-0.2, 0) is 16.1 Å². The number of hydrogen-bond donors (Lipinski definition) is 0. The summed E-state index contributed by atoms with van der Waals surface area (Å²) in [6.07, 6.45) is 1.89. The summed E-state index contributed by atoms with van der Waals surface area (Å²) in [5.41, 5.74) is 1.37. The first-order chi connectivity index (χ1) is 9.15. The number of rotatable bonds is 3. The Balaban J connectivity index is 1.64. The molecule has 0 aliphatic carbocycles. The summed E-state index contributed by atoms with van der Waals surface area (Å²) in [6, 6.07) is 2.59. The highest BCUT2D eigenvalue weighted by Crippen LogP contribution is 2.34. The Morgan fingerprint density at radius 1 is 1.58 bits per heavy atom. The summed E-state index contributed by atoms with van der Waals surface area (Å²) in [6.45, 7) is 2.06. The second kappa shape index (κ2) is 5.23. The monoisotopic (exact) mass is 280 g/mol. The van der Waals surface area contributed by atoms with E-state index in [-0.39, 0.29) is 18.1 Å². The zero-order valence-corrected chi connectivity index (χ0v) is 12.2. The van der Waals surface area contributed by atoms with Crippen LogP contribution in [0.3, 0.4) is 0 Å². The molecule has 5 heteroatoms. The molecule has 0 N–H and O–H groups in total. The first kappa shape index (κ1) is 13.1. The number of carbonyl (C=O) groups excluding carboxylic acids is 1. The van der Waals surface area contributed by atoms with Gasteiger partial charge in [-0.25, -0.2) is 0 Å². The van der Waals surface area contributed by atoms with Crippen LogP contribution in [0.1, 0.15) is 18.4 Å². The molecule has 2 fully saturated rings. The number of fused-ring (bicyclic) bond motifs is 1. The lowest BCUT2D eigenvalue weighted by atomic mass is 10.1. The zero-order chi connectivity index (χ0) is 13.4. The third-order valence-electron chi connectivity index (χ3n) is 4.08. The second-order valence-electron chi connectivity index (χ2n) is 5.59. The van der Waals surface area contributed by atoms with Gasteiger partial charge in [0.1, 0.15) is 6.10 Å². The predicted octanol–water partition coefficient (Wildman–Crippen LogP) is 1.57. The van der Waals surface area contributed by atoms with Crippen molar-refractivity contribution in [2.24, 2.45) is 0 Å². The number of likely N-dealkylation sites (tertiary alicyclic amines) is 1. The lowest BCUT2D eigenvalue weighted by molar-refractivity contribution is -0.140. The molecular formula is C14H20N2O2S. The molecule has 104 valence electrons. The van der Waals surface area contributed by atoms with Crippen molar-refractivity contribution in [2.45, 2.75) is 37.6 Å². The van der Waals surface area contributed by atoms with Crippen LogP contribution in [0.2, 0.25) is 0 Å². The number of hydrogen-bond acceptors (Lipinski definition) is 4. The van der Waals surface area contributed by atoms with Gasteiger partial charge in [-0.15, -0.1) is 0 Å². The van der Waals surface area contributed by atoms with Gasteiger partial charge in [0.2, 0.25) is 0 Å². The lowest BCUT2D eigenvalue weighted by Gasteiger charge is -2.22. The largest absolute Gasteiger partial charge is 0.363 e. The number of carbonyl (C=O) groups is 1. The van der Waals surface area contributed by atoms with Crippen LogP contribution in [0.25, 0.3) is 0 Å². The summed E-state index contributed by atoms with van der Waals surface area (Å²) >= 11 is 1.74. The molecule has 2 aliphatic heterocycles. The summed E-state index contributed by atoms with van der Waals surface area (Å²) in [5.74, 6) is 0.102. The fourth-order valence-corrected chi connectivity index (χ4v) is 3.75. The van der Waals surface area contributed by atoms with E-state index in [1.165, 1.54) is 5.56 Å². The van der Waals surface area contributed by atoms with Gasteiger partial charge < -0.3 is 9.64 Å². The van der Waals surface area contributed by atoms with Gasteiger partial charge in [0.25, 0.3) is 5.91 Å². The van der Waals surface area contributed by atoms with E-state index in [0.29, 0.717) is 6.04 Å². The zero-order valence-electron chi connectivity index (χ0n) is 11.4. The SMILES string of the molecule is CN(C)C(=O)[C@@H]1C[C@@H]2[C@@H](CCN2Cc2ccsc2)O1. The lowest BCUT2D eigenvalue weighted by Crippen LogP contribution is -2.35. The Bertz CT molecular complexity index is 446. The fourth-order valence-electron chi connectivity index (χ4n) is 3.09. The van der Waals surface area contributed by atoms with E-state index in [9.17, 15) is 4.79 Å². The average Bonchev–Trinajstić information content (AvgIpc) is 3.07. The van der Waals surface area contributed by atoms with Crippen LogP contribution >= 0.6 is 11.3 Å². The van der Waals surface area contributed by atoms with Gasteiger partial charge in [-0.1, -0.05) is 0 Å². The smallest absolute Gasteiger partial charge is 0.251 e. The van der Waals surface area contributed by atoms with E-state index in [1.54, 1.807) is 30.3 Å². The van der Waals surface area contributed by atoms with Gasteiger partial charge in [0, 0.05) is 39.6 Å². The van der Waals surface area contributed by atoms with Crippen molar-refractivity contribution < 1.29 is 9.53 Å². The minimum atomic E-state index is -0.240. The molecule has 1 aromatic rings. The van der Waals surface area contributed by atoms with Crippen LogP contribution in [0.4, 0.5) is 0 Å². The van der Waals surface area contributed by atoms with Crippen molar-refractivity contribution in [3.05, 3.63) is 22.4 Å². The van der Waals surface area contributed by atoms with E-state index < -0.39 is 0 Å². The molecule has 0 spiro atoms. The molecule has 3 rings (SSSR count). The summed E-state index contributed by atoms with van der Waals surface area (Å²) in [5, 5.41) is 4.32. The van der Waals surface area contributed by atoms with Gasteiger partial charge >= 0.3 is 0 Å². The summed E-state index contributed by atoms with van der Waals surface area (Å²) in [7, 11) is 3.59. The van der Waals surface area contributed by atoms with Crippen LogP contribution in [-0.4, -0.2) is 54.6 Å². The van der Waals surface area contributed by atoms with E-state index >= 15 is 0 Å². The third-order valence-corrected chi connectivity index (χ3v) is 4.81. The molecule has 0 saturated carbocycles. The van der Waals surface area contributed by atoms with Gasteiger partial charge in [-0.3, -0.25) is 9.69 Å². The third kappa shape index (κ3) is 2.55. The Morgan fingerprint density at radius 2 is 2.42 bits per heavy atom. The fraction of sp³-hybridized carbons (Fsp3) is 0.643. The molecule has 4 nitrogen and oxygen atoms in total. The second-order valence-corrected chi connectivity index (χ2v) is 6.37. The quantitative estimate of drug-likeness (QED) is 0.842. The van der Waals surface area contributed by atoms with Crippen molar-refractivity contribution in [1.29, 1.82) is 0 Å². The number of thiophene rings is 1. The van der Waals surface area contributed by atoms with E-state index in [1.807, 2.05) is 0 Å². The first-order valence-corrected chi connectivity index (χ1v) is 7.71. The Labute approximate surface area is 118 Å². The highest BCUT2D eigenvalue weighted by Gasteiger charge is 2.45.